The van der Waals surface area contributed by atoms with Gasteiger partial charge in [0.15, 0.2) is 0 Å². The SMILES string of the molecule is CCC(OCCO)C(OCCOC(C)C)C(C)OCCOCC(=O)O. The monoisotopic (exact) mass is 366 g/mol. The maximum Gasteiger partial charge on any atom is 0.329 e. The molecule has 0 heterocycles. The Balaban J connectivity index is 4.43. The Bertz CT molecular complexity index is 324. The largest absolute Gasteiger partial charge is 0.480 e. The number of carboxylic acids is 1. The standard InChI is InChI=1S/C17H34O8/c1-5-15(24-7-6-18)17(25-11-10-22-13(2)3)14(4)23-9-8-21-12-16(19)20/h13-15,17-18H,5-12H2,1-4H3,(H,19,20). The van der Waals surface area contributed by atoms with Crippen molar-refractivity contribution in [3.63, 3.8) is 0 Å². The third-order valence-electron chi connectivity index (χ3n) is 3.33. The van der Waals surface area contributed by atoms with Crippen molar-refractivity contribution in [2.45, 2.75) is 58.5 Å². The van der Waals surface area contributed by atoms with Gasteiger partial charge in [-0.2, -0.15) is 0 Å². The summed E-state index contributed by atoms with van der Waals surface area (Å²) in [5.41, 5.74) is 0. The molecule has 0 rings (SSSR count). The lowest BCUT2D eigenvalue weighted by molar-refractivity contribution is -0.152. The summed E-state index contributed by atoms with van der Waals surface area (Å²) >= 11 is 0. The van der Waals surface area contributed by atoms with Crippen molar-refractivity contribution < 1.29 is 38.7 Å². The number of hydrogen-bond acceptors (Lipinski definition) is 7. The molecule has 0 aromatic heterocycles. The van der Waals surface area contributed by atoms with E-state index in [1.165, 1.54) is 0 Å². The van der Waals surface area contributed by atoms with Gasteiger partial charge in [0.2, 0.25) is 0 Å². The third kappa shape index (κ3) is 13.1. The first-order chi connectivity index (χ1) is 11.9. The molecular formula is C17H34O8. The molecule has 0 spiro atoms. The maximum atomic E-state index is 10.4. The van der Waals surface area contributed by atoms with Gasteiger partial charge in [0, 0.05) is 0 Å². The average molecular weight is 366 g/mol. The molecule has 0 saturated carbocycles. The molecule has 2 N–H and O–H groups in total. The molecule has 0 bridgehead atoms. The molecule has 0 aliphatic rings. The molecule has 0 amide bonds. The molecule has 3 atom stereocenters. The lowest BCUT2D eigenvalue weighted by Gasteiger charge is -2.31. The molecule has 150 valence electrons. The second-order valence-corrected chi connectivity index (χ2v) is 5.82. The van der Waals surface area contributed by atoms with E-state index in [9.17, 15) is 4.79 Å². The van der Waals surface area contributed by atoms with Crippen LogP contribution in [0.5, 0.6) is 0 Å². The smallest absolute Gasteiger partial charge is 0.329 e. The van der Waals surface area contributed by atoms with Gasteiger partial charge in [-0.1, -0.05) is 6.92 Å². The number of carbonyl (C=O) groups is 1. The van der Waals surface area contributed by atoms with Crippen molar-refractivity contribution in [3.8, 4) is 0 Å². The Morgan fingerprint density at radius 2 is 1.56 bits per heavy atom. The molecule has 0 aliphatic carbocycles. The van der Waals surface area contributed by atoms with Crippen LogP contribution in [0.2, 0.25) is 0 Å². The maximum absolute atomic E-state index is 10.4. The summed E-state index contributed by atoms with van der Waals surface area (Å²) in [6.07, 6.45) is 0.0117. The third-order valence-corrected chi connectivity index (χ3v) is 3.33. The molecule has 8 heteroatoms. The van der Waals surface area contributed by atoms with Gasteiger partial charge in [-0.15, -0.1) is 0 Å². The fourth-order valence-electron chi connectivity index (χ4n) is 2.21. The Labute approximate surface area is 150 Å². The molecule has 0 saturated heterocycles. The molecule has 25 heavy (non-hydrogen) atoms. The number of rotatable bonds is 17. The van der Waals surface area contributed by atoms with Crippen molar-refractivity contribution in [2.24, 2.45) is 0 Å². The quantitative estimate of drug-likeness (QED) is 0.369. The second kappa shape index (κ2) is 15.5. The summed E-state index contributed by atoms with van der Waals surface area (Å²) in [4.78, 5) is 10.4. The fraction of sp³-hybridized carbons (Fsp3) is 0.941. The van der Waals surface area contributed by atoms with Crippen molar-refractivity contribution in [1.29, 1.82) is 0 Å². The van der Waals surface area contributed by atoms with Crippen LogP contribution in [0.4, 0.5) is 0 Å². The molecule has 0 aliphatic heterocycles. The van der Waals surface area contributed by atoms with Crippen molar-refractivity contribution in [2.75, 3.05) is 46.2 Å². The molecule has 8 nitrogen and oxygen atoms in total. The lowest BCUT2D eigenvalue weighted by Crippen LogP contribution is -2.42. The van der Waals surface area contributed by atoms with E-state index in [1.54, 1.807) is 0 Å². The molecule has 0 aromatic rings. The number of carboxylic acid groups (broad SMARTS) is 1. The molecule has 0 fully saturated rings. The normalized spacial score (nSPS) is 15.3. The van der Waals surface area contributed by atoms with Crippen LogP contribution in [0, 0.1) is 0 Å². The van der Waals surface area contributed by atoms with Crippen molar-refractivity contribution in [1.82, 2.24) is 0 Å². The van der Waals surface area contributed by atoms with Gasteiger partial charge >= 0.3 is 5.97 Å². The van der Waals surface area contributed by atoms with E-state index in [2.05, 4.69) is 0 Å². The van der Waals surface area contributed by atoms with Crippen LogP contribution in [0.15, 0.2) is 0 Å². The molecule has 3 unspecified atom stereocenters. The Morgan fingerprint density at radius 1 is 0.920 bits per heavy atom. The highest BCUT2D eigenvalue weighted by Crippen LogP contribution is 2.15. The van der Waals surface area contributed by atoms with Gasteiger partial charge in [0.1, 0.15) is 12.7 Å². The minimum absolute atomic E-state index is 0.0576. The highest BCUT2D eigenvalue weighted by molar-refractivity contribution is 5.67. The predicted octanol–water partition coefficient (Wildman–Crippen LogP) is 1.09. The van der Waals surface area contributed by atoms with Crippen molar-refractivity contribution in [3.05, 3.63) is 0 Å². The first kappa shape index (κ1) is 24.2. The average Bonchev–Trinajstić information content (AvgIpc) is 2.56. The zero-order chi connectivity index (χ0) is 19.1. The van der Waals surface area contributed by atoms with E-state index in [1.807, 2.05) is 27.7 Å². The van der Waals surface area contributed by atoms with E-state index >= 15 is 0 Å². The van der Waals surface area contributed by atoms with Crippen LogP contribution in [0.25, 0.3) is 0 Å². The van der Waals surface area contributed by atoms with Crippen LogP contribution in [-0.2, 0) is 28.5 Å². The van der Waals surface area contributed by atoms with E-state index in [0.29, 0.717) is 19.6 Å². The number of ether oxygens (including phenoxy) is 5. The van der Waals surface area contributed by atoms with E-state index in [4.69, 9.17) is 33.9 Å². The van der Waals surface area contributed by atoms with Crippen LogP contribution < -0.4 is 0 Å². The molecular weight excluding hydrogens is 332 g/mol. The van der Waals surface area contributed by atoms with Crippen LogP contribution in [0.1, 0.15) is 34.1 Å². The summed E-state index contributed by atoms with van der Waals surface area (Å²) in [5.74, 6) is -1.01. The number of aliphatic hydroxyl groups is 1. The topological polar surface area (TPSA) is 104 Å². The summed E-state index contributed by atoms with van der Waals surface area (Å²) in [6.45, 7) is 8.92. The van der Waals surface area contributed by atoms with E-state index < -0.39 is 5.97 Å². The zero-order valence-corrected chi connectivity index (χ0v) is 15.8. The summed E-state index contributed by atoms with van der Waals surface area (Å²) in [5, 5.41) is 17.5. The minimum Gasteiger partial charge on any atom is -0.480 e. The minimum atomic E-state index is -1.01. The lowest BCUT2D eigenvalue weighted by atomic mass is 10.1. The first-order valence-corrected chi connectivity index (χ1v) is 8.79. The van der Waals surface area contributed by atoms with Gasteiger partial charge in [0.25, 0.3) is 0 Å². The van der Waals surface area contributed by atoms with Crippen LogP contribution in [-0.4, -0.2) is 86.8 Å². The first-order valence-electron chi connectivity index (χ1n) is 8.79. The predicted molar refractivity (Wildman–Crippen MR) is 91.8 cm³/mol. The Morgan fingerprint density at radius 3 is 2.12 bits per heavy atom. The van der Waals surface area contributed by atoms with Gasteiger partial charge in [-0.05, 0) is 27.2 Å². The van der Waals surface area contributed by atoms with Gasteiger partial charge in [0.05, 0.1) is 58.0 Å². The summed E-state index contributed by atoms with van der Waals surface area (Å²) in [6, 6.07) is 0. The summed E-state index contributed by atoms with van der Waals surface area (Å²) in [7, 11) is 0. The molecule has 0 radical (unpaired) electrons. The van der Waals surface area contributed by atoms with Crippen molar-refractivity contribution >= 4 is 5.97 Å². The van der Waals surface area contributed by atoms with Crippen LogP contribution in [0.3, 0.4) is 0 Å². The number of hydrogen-bond donors (Lipinski definition) is 2. The van der Waals surface area contributed by atoms with Gasteiger partial charge < -0.3 is 33.9 Å². The van der Waals surface area contributed by atoms with E-state index in [0.717, 1.165) is 0 Å². The van der Waals surface area contributed by atoms with Gasteiger partial charge in [-0.3, -0.25) is 0 Å². The van der Waals surface area contributed by atoms with Crippen LogP contribution >= 0.6 is 0 Å². The zero-order valence-electron chi connectivity index (χ0n) is 15.8. The summed E-state index contributed by atoms with van der Waals surface area (Å²) < 4.78 is 27.7. The second-order valence-electron chi connectivity index (χ2n) is 5.82. The van der Waals surface area contributed by atoms with Gasteiger partial charge in [-0.25, -0.2) is 4.79 Å². The fourth-order valence-corrected chi connectivity index (χ4v) is 2.21. The van der Waals surface area contributed by atoms with E-state index in [-0.39, 0.29) is 57.5 Å². The Hall–Kier alpha value is -0.770. The highest BCUT2D eigenvalue weighted by Gasteiger charge is 2.28. The Kier molecular flexibility index (Phi) is 15.0. The highest BCUT2D eigenvalue weighted by atomic mass is 16.6. The molecule has 0 aromatic carbocycles. The number of aliphatic carboxylic acids is 1. The number of aliphatic hydroxyl groups excluding tert-OH is 1.